The van der Waals surface area contributed by atoms with E-state index < -0.39 is 32.7 Å². The lowest BCUT2D eigenvalue weighted by Crippen LogP contribution is -2.22. The number of nitro benzene ring substituents is 1. The quantitative estimate of drug-likeness (QED) is 0.485. The molecule has 0 aliphatic rings. The number of nitro groups is 1. The summed E-state index contributed by atoms with van der Waals surface area (Å²) in [5.41, 5.74) is 4.53. The Morgan fingerprint density at radius 3 is 2.45 bits per heavy atom. The molecule has 0 saturated heterocycles. The van der Waals surface area contributed by atoms with Gasteiger partial charge in [0.25, 0.3) is 5.69 Å². The number of hydrogen-bond donors (Lipinski definition) is 3. The summed E-state index contributed by atoms with van der Waals surface area (Å²) in [5.74, 6) is 0. The lowest BCUT2D eigenvalue weighted by atomic mass is 10.0. The minimum absolute atomic E-state index is 0.0617. The molecule has 2 unspecified atom stereocenters. The van der Waals surface area contributed by atoms with Crippen LogP contribution in [0.5, 0.6) is 0 Å². The fourth-order valence-electron chi connectivity index (χ4n) is 1.70. The number of aliphatic hydroxyl groups is 2. The maximum atomic E-state index is 11.4. The van der Waals surface area contributed by atoms with Gasteiger partial charge in [0.05, 0.1) is 21.5 Å². The average Bonchev–Trinajstić information content (AvgIpc) is 2.36. The van der Waals surface area contributed by atoms with Crippen LogP contribution in [0.25, 0.3) is 0 Å². The number of aliphatic hydroxyl groups excluding tert-OH is 2. The first-order chi connectivity index (χ1) is 9.18. The van der Waals surface area contributed by atoms with Crippen LogP contribution in [0.15, 0.2) is 23.1 Å². The van der Waals surface area contributed by atoms with E-state index in [0.29, 0.717) is 0 Å². The van der Waals surface area contributed by atoms with Gasteiger partial charge in [0.15, 0.2) is 9.84 Å². The highest BCUT2D eigenvalue weighted by Crippen LogP contribution is 2.30. The lowest BCUT2D eigenvalue weighted by molar-refractivity contribution is -0.386. The molecule has 2 atom stereocenters. The van der Waals surface area contributed by atoms with E-state index in [1.54, 1.807) is 0 Å². The van der Waals surface area contributed by atoms with E-state index in [-0.39, 0.29) is 23.4 Å². The van der Waals surface area contributed by atoms with E-state index in [4.69, 9.17) is 5.73 Å². The Morgan fingerprint density at radius 2 is 2.00 bits per heavy atom. The third-order valence-electron chi connectivity index (χ3n) is 2.77. The maximum Gasteiger partial charge on any atom is 0.276 e. The van der Waals surface area contributed by atoms with Gasteiger partial charge in [-0.2, -0.15) is 0 Å². The summed E-state index contributed by atoms with van der Waals surface area (Å²) in [7, 11) is -3.60. The Balaban J connectivity index is 3.31. The van der Waals surface area contributed by atoms with Crippen molar-refractivity contribution in [2.45, 2.75) is 23.5 Å². The van der Waals surface area contributed by atoms with Crippen LogP contribution in [0.2, 0.25) is 0 Å². The SMILES string of the molecule is CS(=O)(=O)c1ccc(C(O)C(O)CCN)c([N+](=O)[O-])c1. The van der Waals surface area contributed by atoms with Crippen molar-refractivity contribution < 1.29 is 23.6 Å². The number of nitrogens with two attached hydrogens (primary N) is 1. The summed E-state index contributed by atoms with van der Waals surface area (Å²) >= 11 is 0. The lowest BCUT2D eigenvalue weighted by Gasteiger charge is -2.17. The van der Waals surface area contributed by atoms with Crippen LogP contribution >= 0.6 is 0 Å². The van der Waals surface area contributed by atoms with Crippen molar-refractivity contribution in [3.05, 3.63) is 33.9 Å². The maximum absolute atomic E-state index is 11.4. The van der Waals surface area contributed by atoms with Gasteiger partial charge in [-0.1, -0.05) is 0 Å². The van der Waals surface area contributed by atoms with E-state index in [1.165, 1.54) is 0 Å². The van der Waals surface area contributed by atoms with Gasteiger partial charge in [-0.25, -0.2) is 8.42 Å². The van der Waals surface area contributed by atoms with Crippen LogP contribution < -0.4 is 5.73 Å². The zero-order valence-corrected chi connectivity index (χ0v) is 11.6. The van der Waals surface area contributed by atoms with Crippen molar-refractivity contribution in [3.63, 3.8) is 0 Å². The normalized spacial score (nSPS) is 14.8. The fraction of sp³-hybridized carbons (Fsp3) is 0.455. The highest BCUT2D eigenvalue weighted by Gasteiger charge is 2.27. The summed E-state index contributed by atoms with van der Waals surface area (Å²) in [6.07, 6.45) is -1.78. The predicted molar refractivity (Wildman–Crippen MR) is 70.8 cm³/mol. The second kappa shape index (κ2) is 6.27. The molecule has 0 aliphatic carbocycles. The molecule has 112 valence electrons. The molecule has 4 N–H and O–H groups in total. The van der Waals surface area contributed by atoms with Gasteiger partial charge < -0.3 is 15.9 Å². The molecule has 1 aromatic rings. The van der Waals surface area contributed by atoms with Gasteiger partial charge in [-0.3, -0.25) is 10.1 Å². The minimum Gasteiger partial charge on any atom is -0.390 e. The smallest absolute Gasteiger partial charge is 0.276 e. The van der Waals surface area contributed by atoms with Crippen molar-refractivity contribution in [1.82, 2.24) is 0 Å². The van der Waals surface area contributed by atoms with Crippen molar-refractivity contribution in [3.8, 4) is 0 Å². The molecule has 20 heavy (non-hydrogen) atoms. The monoisotopic (exact) mass is 304 g/mol. The standard InChI is InChI=1S/C11H16N2O6S/c1-20(18,19)7-2-3-8(9(6-7)13(16)17)11(15)10(14)4-5-12/h2-3,6,10-11,14-15H,4-5,12H2,1H3. The molecule has 0 heterocycles. The second-order valence-electron chi connectivity index (χ2n) is 4.34. The Hall–Kier alpha value is -1.55. The number of rotatable bonds is 6. The molecule has 0 fully saturated rings. The first-order valence-corrected chi connectivity index (χ1v) is 7.62. The molecular formula is C11H16N2O6S. The highest BCUT2D eigenvalue weighted by atomic mass is 32.2. The topological polar surface area (TPSA) is 144 Å². The van der Waals surface area contributed by atoms with E-state index in [0.717, 1.165) is 24.5 Å². The third-order valence-corrected chi connectivity index (χ3v) is 3.88. The van der Waals surface area contributed by atoms with Crippen LogP contribution in [0.4, 0.5) is 5.69 Å². The van der Waals surface area contributed by atoms with Crippen LogP contribution in [0.3, 0.4) is 0 Å². The molecule has 0 saturated carbocycles. The molecule has 0 radical (unpaired) electrons. The van der Waals surface area contributed by atoms with Crippen molar-refractivity contribution in [2.75, 3.05) is 12.8 Å². The number of nitrogens with zero attached hydrogens (tertiary/aromatic N) is 1. The number of sulfone groups is 1. The molecule has 8 nitrogen and oxygen atoms in total. The zero-order valence-electron chi connectivity index (χ0n) is 10.8. The van der Waals surface area contributed by atoms with Crippen molar-refractivity contribution in [1.29, 1.82) is 0 Å². The molecular weight excluding hydrogens is 288 g/mol. The van der Waals surface area contributed by atoms with E-state index in [1.807, 2.05) is 0 Å². The Labute approximate surface area is 115 Å². The zero-order chi connectivity index (χ0) is 15.5. The molecule has 0 bridgehead atoms. The number of hydrogen-bond acceptors (Lipinski definition) is 7. The van der Waals surface area contributed by atoms with Crippen LogP contribution in [0.1, 0.15) is 18.1 Å². The van der Waals surface area contributed by atoms with E-state index in [2.05, 4.69) is 0 Å². The summed E-state index contributed by atoms with van der Waals surface area (Å²) in [6.45, 7) is 0.105. The highest BCUT2D eigenvalue weighted by molar-refractivity contribution is 7.90. The van der Waals surface area contributed by atoms with Crippen LogP contribution in [0, 0.1) is 10.1 Å². The van der Waals surface area contributed by atoms with E-state index in [9.17, 15) is 28.7 Å². The molecule has 0 spiro atoms. The van der Waals surface area contributed by atoms with Gasteiger partial charge in [-0.15, -0.1) is 0 Å². The summed E-state index contributed by atoms with van der Waals surface area (Å²) in [6, 6.07) is 3.14. The molecule has 1 aromatic carbocycles. The largest absolute Gasteiger partial charge is 0.390 e. The Kier molecular flexibility index (Phi) is 5.17. The van der Waals surface area contributed by atoms with Gasteiger partial charge in [0, 0.05) is 12.3 Å². The second-order valence-corrected chi connectivity index (χ2v) is 6.36. The summed E-state index contributed by atoms with van der Waals surface area (Å²) < 4.78 is 22.7. The van der Waals surface area contributed by atoms with Gasteiger partial charge in [-0.05, 0) is 25.1 Å². The van der Waals surface area contributed by atoms with Gasteiger partial charge >= 0.3 is 0 Å². The Morgan fingerprint density at radius 1 is 1.40 bits per heavy atom. The molecule has 0 aromatic heterocycles. The fourth-order valence-corrected chi connectivity index (χ4v) is 2.34. The average molecular weight is 304 g/mol. The molecule has 0 aliphatic heterocycles. The molecule has 9 heteroatoms. The van der Waals surface area contributed by atoms with Crippen LogP contribution in [-0.4, -0.2) is 42.5 Å². The van der Waals surface area contributed by atoms with Gasteiger partial charge in [0.1, 0.15) is 6.10 Å². The van der Waals surface area contributed by atoms with Crippen molar-refractivity contribution >= 4 is 15.5 Å². The Bertz CT molecular complexity index is 601. The first-order valence-electron chi connectivity index (χ1n) is 5.73. The third kappa shape index (κ3) is 3.73. The molecule has 0 amide bonds. The van der Waals surface area contributed by atoms with E-state index >= 15 is 0 Å². The number of benzene rings is 1. The van der Waals surface area contributed by atoms with Crippen LogP contribution in [-0.2, 0) is 9.84 Å². The summed E-state index contributed by atoms with van der Waals surface area (Å²) in [4.78, 5) is 9.95. The summed E-state index contributed by atoms with van der Waals surface area (Å²) in [5, 5.41) is 30.5. The molecule has 1 rings (SSSR count). The first kappa shape index (κ1) is 16.5. The van der Waals surface area contributed by atoms with Crippen molar-refractivity contribution in [2.24, 2.45) is 5.73 Å². The minimum atomic E-state index is -3.60. The van der Waals surface area contributed by atoms with Gasteiger partial charge in [0.2, 0.25) is 0 Å². The predicted octanol–water partition coefficient (Wildman–Crippen LogP) is -0.259.